The van der Waals surface area contributed by atoms with Crippen LogP contribution in [0.1, 0.15) is 0 Å². The van der Waals surface area contributed by atoms with Gasteiger partial charge in [0.15, 0.2) is 0 Å². The quantitative estimate of drug-likeness (QED) is 0.192. The van der Waals surface area contributed by atoms with Crippen LogP contribution in [0.2, 0.25) is 0 Å². The summed E-state index contributed by atoms with van der Waals surface area (Å²) in [5, 5.41) is 8.08. The van der Waals surface area contributed by atoms with Gasteiger partial charge in [-0.3, -0.25) is 4.57 Å². The Morgan fingerprint density at radius 2 is 1.18 bits per heavy atom. The Labute approximate surface area is 284 Å². The third-order valence-electron chi connectivity index (χ3n) is 9.80. The largest absolute Gasteiger partial charge is 0.456 e. The summed E-state index contributed by atoms with van der Waals surface area (Å²) >= 11 is 1.76. The lowest BCUT2D eigenvalue weighted by atomic mass is 10.0. The molecule has 0 aliphatic carbocycles. The fourth-order valence-electron chi connectivity index (χ4n) is 7.48. The van der Waals surface area contributed by atoms with Crippen molar-refractivity contribution in [2.75, 3.05) is 0 Å². The van der Waals surface area contributed by atoms with E-state index in [9.17, 15) is 0 Å². The molecule has 0 bridgehead atoms. The molecule has 228 valence electrons. The first-order chi connectivity index (χ1) is 24.3. The Balaban J connectivity index is 1.26. The molecule has 11 aromatic rings. The minimum Gasteiger partial charge on any atom is -0.456 e. The van der Waals surface area contributed by atoms with Crippen LogP contribution in [0.5, 0.6) is 0 Å². The predicted molar refractivity (Wildman–Crippen MR) is 205 cm³/mol. The molecule has 4 aromatic heterocycles. The van der Waals surface area contributed by atoms with Gasteiger partial charge in [-0.25, -0.2) is 9.97 Å². The standard InChI is InChI=1S/C44H25N3OS/c1-2-10-26(11-3-1)29-19-21-40-35(23-29)42-43(49-40)41(30-18-20-39-34(24-30)32-15-7-9-17-38(32)48-39)45-44(46-42)47-36-16-8-6-14-31(36)33-22-27-12-4-5-13-28(27)25-37(33)47/h1-25H. The highest BCUT2D eigenvalue weighted by atomic mass is 32.1. The lowest BCUT2D eigenvalue weighted by molar-refractivity contribution is 0.669. The maximum atomic E-state index is 6.21. The minimum atomic E-state index is 0.658. The smallest absolute Gasteiger partial charge is 0.235 e. The van der Waals surface area contributed by atoms with Crippen molar-refractivity contribution in [3.63, 3.8) is 0 Å². The van der Waals surface area contributed by atoms with Crippen LogP contribution in [-0.4, -0.2) is 14.5 Å². The number of hydrogen-bond acceptors (Lipinski definition) is 4. The second-order valence-corrected chi connectivity index (χ2v) is 13.7. The van der Waals surface area contributed by atoms with Gasteiger partial charge in [0.05, 0.1) is 26.9 Å². The Kier molecular flexibility index (Phi) is 5.51. The van der Waals surface area contributed by atoms with Gasteiger partial charge in [-0.2, -0.15) is 0 Å². The molecule has 0 saturated carbocycles. The first-order valence-corrected chi connectivity index (χ1v) is 17.2. The Morgan fingerprint density at radius 1 is 0.469 bits per heavy atom. The first kappa shape index (κ1) is 26.7. The number of aromatic nitrogens is 3. The molecule has 5 heteroatoms. The lowest BCUT2D eigenvalue weighted by Crippen LogP contribution is -2.02. The SMILES string of the molecule is c1ccc(-c2ccc3sc4c(-c5ccc6oc7ccccc7c6c5)nc(-n5c6ccccc6c6cc7ccccc7cc65)nc4c3c2)cc1. The van der Waals surface area contributed by atoms with E-state index in [1.54, 1.807) is 11.3 Å². The second-order valence-electron chi connectivity index (χ2n) is 12.6. The van der Waals surface area contributed by atoms with Crippen molar-refractivity contribution in [3.8, 4) is 28.3 Å². The molecule has 11 rings (SSSR count). The average molecular weight is 644 g/mol. The third-order valence-corrected chi connectivity index (χ3v) is 11.0. The molecular weight excluding hydrogens is 619 g/mol. The molecule has 0 aliphatic heterocycles. The molecule has 0 saturated heterocycles. The van der Waals surface area contributed by atoms with Crippen LogP contribution in [-0.2, 0) is 0 Å². The average Bonchev–Trinajstić information content (AvgIpc) is 3.82. The highest BCUT2D eigenvalue weighted by Crippen LogP contribution is 2.43. The molecule has 0 atom stereocenters. The van der Waals surface area contributed by atoms with E-state index >= 15 is 0 Å². The monoisotopic (exact) mass is 643 g/mol. The summed E-state index contributed by atoms with van der Waals surface area (Å²) in [7, 11) is 0. The zero-order valence-electron chi connectivity index (χ0n) is 26.1. The summed E-state index contributed by atoms with van der Waals surface area (Å²) in [4.78, 5) is 10.9. The summed E-state index contributed by atoms with van der Waals surface area (Å²) in [6, 6.07) is 53.7. The molecule has 0 unspecified atom stereocenters. The molecule has 7 aromatic carbocycles. The van der Waals surface area contributed by atoms with Gasteiger partial charge in [0.2, 0.25) is 5.95 Å². The first-order valence-electron chi connectivity index (χ1n) is 16.4. The number of furan rings is 1. The van der Waals surface area contributed by atoms with Crippen LogP contribution in [0, 0.1) is 0 Å². The normalized spacial score (nSPS) is 12.1. The van der Waals surface area contributed by atoms with Crippen molar-refractivity contribution < 1.29 is 4.42 Å². The second kappa shape index (κ2) is 10.1. The molecule has 0 fully saturated rings. The number of hydrogen-bond donors (Lipinski definition) is 0. The third kappa shape index (κ3) is 3.97. The number of benzene rings is 7. The van der Waals surface area contributed by atoms with Gasteiger partial charge < -0.3 is 4.42 Å². The summed E-state index contributed by atoms with van der Waals surface area (Å²) in [5.74, 6) is 0.658. The Morgan fingerprint density at radius 3 is 2.08 bits per heavy atom. The topological polar surface area (TPSA) is 43.9 Å². The van der Waals surface area contributed by atoms with Gasteiger partial charge in [-0.15, -0.1) is 11.3 Å². The fourth-order valence-corrected chi connectivity index (χ4v) is 8.62. The summed E-state index contributed by atoms with van der Waals surface area (Å²) in [6.07, 6.45) is 0. The molecule has 0 aliphatic rings. The lowest BCUT2D eigenvalue weighted by Gasteiger charge is -2.10. The van der Waals surface area contributed by atoms with Crippen molar-refractivity contribution in [1.29, 1.82) is 0 Å². The van der Waals surface area contributed by atoms with Crippen LogP contribution >= 0.6 is 11.3 Å². The van der Waals surface area contributed by atoms with Gasteiger partial charge in [0.25, 0.3) is 0 Å². The van der Waals surface area contributed by atoms with E-state index in [0.717, 1.165) is 59.8 Å². The van der Waals surface area contributed by atoms with Crippen molar-refractivity contribution in [2.45, 2.75) is 0 Å². The molecule has 0 spiro atoms. The van der Waals surface area contributed by atoms with Crippen LogP contribution in [0.25, 0.3) is 103 Å². The number of thiophene rings is 1. The van der Waals surface area contributed by atoms with Crippen LogP contribution < -0.4 is 0 Å². The van der Waals surface area contributed by atoms with Gasteiger partial charge in [-0.05, 0) is 76.5 Å². The van der Waals surface area contributed by atoms with E-state index in [2.05, 4.69) is 144 Å². The zero-order valence-corrected chi connectivity index (χ0v) is 26.9. The molecule has 0 radical (unpaired) electrons. The van der Waals surface area contributed by atoms with Crippen LogP contribution in [0.3, 0.4) is 0 Å². The van der Waals surface area contributed by atoms with E-state index in [1.807, 2.05) is 12.1 Å². The van der Waals surface area contributed by atoms with Crippen LogP contribution in [0.15, 0.2) is 156 Å². The van der Waals surface area contributed by atoms with Crippen molar-refractivity contribution in [3.05, 3.63) is 152 Å². The van der Waals surface area contributed by atoms with Crippen molar-refractivity contribution >= 4 is 86.2 Å². The number of nitrogens with zero attached hydrogens (tertiary/aromatic N) is 3. The predicted octanol–water partition coefficient (Wildman–Crippen LogP) is 12.3. The van der Waals surface area contributed by atoms with E-state index in [-0.39, 0.29) is 0 Å². The fraction of sp³-hybridized carbons (Fsp3) is 0. The van der Waals surface area contributed by atoms with E-state index in [0.29, 0.717) is 5.95 Å². The maximum Gasteiger partial charge on any atom is 0.235 e. The van der Waals surface area contributed by atoms with Crippen molar-refractivity contribution in [1.82, 2.24) is 14.5 Å². The molecule has 49 heavy (non-hydrogen) atoms. The van der Waals surface area contributed by atoms with E-state index in [1.165, 1.54) is 37.4 Å². The van der Waals surface area contributed by atoms with E-state index < -0.39 is 0 Å². The summed E-state index contributed by atoms with van der Waals surface area (Å²) in [6.45, 7) is 0. The maximum absolute atomic E-state index is 6.21. The molecule has 0 amide bonds. The molecule has 4 heterocycles. The molecular formula is C44H25N3OS. The van der Waals surface area contributed by atoms with Gasteiger partial charge in [0.1, 0.15) is 11.2 Å². The Hall–Kier alpha value is -6.30. The molecule has 0 N–H and O–H groups in total. The van der Waals surface area contributed by atoms with Gasteiger partial charge in [0, 0.05) is 37.2 Å². The summed E-state index contributed by atoms with van der Waals surface area (Å²) in [5.41, 5.74) is 9.19. The van der Waals surface area contributed by atoms with Gasteiger partial charge in [-0.1, -0.05) is 97.1 Å². The number of fused-ring (bicyclic) bond motifs is 10. The highest BCUT2D eigenvalue weighted by Gasteiger charge is 2.21. The Bertz CT molecular complexity index is 3110. The highest BCUT2D eigenvalue weighted by molar-refractivity contribution is 7.26. The molecule has 4 nitrogen and oxygen atoms in total. The minimum absolute atomic E-state index is 0.658. The summed E-state index contributed by atoms with van der Waals surface area (Å²) < 4.78 is 10.7. The number of rotatable bonds is 3. The van der Waals surface area contributed by atoms with Crippen LogP contribution in [0.4, 0.5) is 0 Å². The zero-order chi connectivity index (χ0) is 32.1. The van der Waals surface area contributed by atoms with Crippen molar-refractivity contribution in [2.24, 2.45) is 0 Å². The van der Waals surface area contributed by atoms with E-state index in [4.69, 9.17) is 14.4 Å². The van der Waals surface area contributed by atoms with Gasteiger partial charge >= 0.3 is 0 Å². The number of para-hydroxylation sites is 2.